The fourth-order valence-corrected chi connectivity index (χ4v) is 3.62. The molecule has 1 unspecified atom stereocenters. The van der Waals surface area contributed by atoms with E-state index < -0.39 is 0 Å². The lowest BCUT2D eigenvalue weighted by molar-refractivity contribution is 0.121. The maximum absolute atomic E-state index is 12.7. The quantitative estimate of drug-likeness (QED) is 0.880. The van der Waals surface area contributed by atoms with E-state index in [9.17, 15) is 9.59 Å². The Labute approximate surface area is 149 Å². The molecule has 2 fully saturated rings. The summed E-state index contributed by atoms with van der Waals surface area (Å²) in [6, 6.07) is 7.63. The predicted octanol–water partition coefficient (Wildman–Crippen LogP) is 3.26. The molecule has 2 heterocycles. The van der Waals surface area contributed by atoms with Gasteiger partial charge in [-0.3, -0.25) is 0 Å². The number of anilines is 1. The zero-order chi connectivity index (χ0) is 17.9. The number of amides is 4. The fraction of sp³-hybridized carbons (Fsp3) is 0.579. The van der Waals surface area contributed by atoms with Crippen molar-refractivity contribution in [3.8, 4) is 0 Å². The second-order valence-corrected chi connectivity index (χ2v) is 7.43. The summed E-state index contributed by atoms with van der Waals surface area (Å²) in [6.07, 6.45) is 3.30. The molecule has 0 radical (unpaired) electrons. The van der Waals surface area contributed by atoms with E-state index in [2.05, 4.69) is 24.5 Å². The number of carbonyl (C=O) groups is 2. The summed E-state index contributed by atoms with van der Waals surface area (Å²) in [7, 11) is 0. The molecule has 1 aromatic carbocycles. The summed E-state index contributed by atoms with van der Waals surface area (Å²) in [4.78, 5) is 28.2. The standard InChI is InChI=1S/C19H28N4O2/c1-3-19(2)9-6-11-23(14-19)18(25)21-16-8-5-4-7-15(16)13-22-12-10-20-17(22)24/h4-5,7-8H,3,6,9-14H2,1-2H3,(H,20,24)(H,21,25). The molecule has 2 aliphatic rings. The van der Waals surface area contributed by atoms with E-state index in [1.165, 1.54) is 6.42 Å². The fourth-order valence-electron chi connectivity index (χ4n) is 3.62. The highest BCUT2D eigenvalue weighted by atomic mass is 16.2. The van der Waals surface area contributed by atoms with Crippen molar-refractivity contribution in [2.24, 2.45) is 5.41 Å². The van der Waals surface area contributed by atoms with Crippen LogP contribution >= 0.6 is 0 Å². The molecule has 4 amide bonds. The van der Waals surface area contributed by atoms with Gasteiger partial charge >= 0.3 is 12.1 Å². The van der Waals surface area contributed by atoms with Crippen molar-refractivity contribution < 1.29 is 9.59 Å². The number of rotatable bonds is 4. The highest BCUT2D eigenvalue weighted by Crippen LogP contribution is 2.32. The van der Waals surface area contributed by atoms with Crippen molar-refractivity contribution in [3.05, 3.63) is 29.8 Å². The molecule has 6 heteroatoms. The van der Waals surface area contributed by atoms with Crippen molar-refractivity contribution >= 4 is 17.7 Å². The van der Waals surface area contributed by atoms with E-state index in [4.69, 9.17) is 0 Å². The summed E-state index contributed by atoms with van der Waals surface area (Å²) in [5.41, 5.74) is 1.96. The highest BCUT2D eigenvalue weighted by molar-refractivity contribution is 5.90. The maximum Gasteiger partial charge on any atom is 0.321 e. The van der Waals surface area contributed by atoms with E-state index in [1.807, 2.05) is 29.2 Å². The van der Waals surface area contributed by atoms with E-state index in [1.54, 1.807) is 4.90 Å². The first-order chi connectivity index (χ1) is 12.0. The van der Waals surface area contributed by atoms with E-state index in [0.717, 1.165) is 37.2 Å². The normalized spacial score (nSPS) is 23.5. The molecule has 0 spiro atoms. The van der Waals surface area contributed by atoms with Crippen LogP contribution in [0.3, 0.4) is 0 Å². The van der Waals surface area contributed by atoms with E-state index >= 15 is 0 Å². The average molecular weight is 344 g/mol. The molecular weight excluding hydrogens is 316 g/mol. The van der Waals surface area contributed by atoms with Gasteiger partial charge in [0.1, 0.15) is 0 Å². The second kappa shape index (κ2) is 7.33. The van der Waals surface area contributed by atoms with Gasteiger partial charge < -0.3 is 20.4 Å². The lowest BCUT2D eigenvalue weighted by atomic mass is 9.80. The lowest BCUT2D eigenvalue weighted by Crippen LogP contribution is -2.46. The highest BCUT2D eigenvalue weighted by Gasteiger charge is 2.31. The summed E-state index contributed by atoms with van der Waals surface area (Å²) in [5.74, 6) is 0. The van der Waals surface area contributed by atoms with Crippen LogP contribution in [0.5, 0.6) is 0 Å². The topological polar surface area (TPSA) is 64.7 Å². The first-order valence-corrected chi connectivity index (χ1v) is 9.17. The first kappa shape index (κ1) is 17.6. The monoisotopic (exact) mass is 344 g/mol. The van der Waals surface area contributed by atoms with Gasteiger partial charge in [0.15, 0.2) is 0 Å². The Kier molecular flexibility index (Phi) is 5.16. The molecule has 2 N–H and O–H groups in total. The van der Waals surface area contributed by atoms with Crippen molar-refractivity contribution in [2.75, 3.05) is 31.5 Å². The molecule has 0 saturated carbocycles. The Balaban J connectivity index is 1.68. The maximum atomic E-state index is 12.7. The van der Waals surface area contributed by atoms with Crippen LogP contribution in [0, 0.1) is 5.41 Å². The number of nitrogens with zero attached hydrogens (tertiary/aromatic N) is 2. The smallest absolute Gasteiger partial charge is 0.321 e. The van der Waals surface area contributed by atoms with Gasteiger partial charge in [0.25, 0.3) is 0 Å². The Hall–Kier alpha value is -2.24. The molecule has 2 saturated heterocycles. The molecule has 0 aliphatic carbocycles. The number of hydrogen-bond acceptors (Lipinski definition) is 2. The first-order valence-electron chi connectivity index (χ1n) is 9.17. The molecule has 0 aromatic heterocycles. The van der Waals surface area contributed by atoms with Crippen LogP contribution in [0.1, 0.15) is 38.7 Å². The minimum atomic E-state index is -0.0455. The number of para-hydroxylation sites is 1. The van der Waals surface area contributed by atoms with Gasteiger partial charge in [0.05, 0.1) is 0 Å². The van der Waals surface area contributed by atoms with Crippen LogP contribution in [-0.2, 0) is 6.54 Å². The largest absolute Gasteiger partial charge is 0.336 e. The predicted molar refractivity (Wildman–Crippen MR) is 98.5 cm³/mol. The number of urea groups is 2. The third-order valence-corrected chi connectivity index (χ3v) is 5.49. The zero-order valence-electron chi connectivity index (χ0n) is 15.2. The van der Waals surface area contributed by atoms with Crippen LogP contribution in [-0.4, -0.2) is 48.0 Å². The number of piperidine rings is 1. The van der Waals surface area contributed by atoms with Gasteiger partial charge in [-0.1, -0.05) is 32.0 Å². The molecule has 1 aromatic rings. The summed E-state index contributed by atoms with van der Waals surface area (Å²) < 4.78 is 0. The van der Waals surface area contributed by atoms with Crippen LogP contribution in [0.4, 0.5) is 15.3 Å². The third-order valence-electron chi connectivity index (χ3n) is 5.49. The van der Waals surface area contributed by atoms with Crippen LogP contribution < -0.4 is 10.6 Å². The van der Waals surface area contributed by atoms with Crippen LogP contribution in [0.15, 0.2) is 24.3 Å². The summed E-state index contributed by atoms with van der Waals surface area (Å²) >= 11 is 0. The van der Waals surface area contributed by atoms with Crippen LogP contribution in [0.25, 0.3) is 0 Å². The van der Waals surface area contributed by atoms with Crippen molar-refractivity contribution in [1.82, 2.24) is 15.1 Å². The summed E-state index contributed by atoms with van der Waals surface area (Å²) in [5, 5.41) is 5.87. The Morgan fingerprint density at radius 1 is 1.32 bits per heavy atom. The Morgan fingerprint density at radius 3 is 2.84 bits per heavy atom. The SMILES string of the molecule is CCC1(C)CCCN(C(=O)Nc2ccccc2CN2CCNC2=O)C1. The van der Waals surface area contributed by atoms with Gasteiger partial charge in [-0.15, -0.1) is 0 Å². The summed E-state index contributed by atoms with van der Waals surface area (Å²) in [6.45, 7) is 7.93. The average Bonchev–Trinajstić information content (AvgIpc) is 3.01. The third kappa shape index (κ3) is 4.06. The molecule has 2 aliphatic heterocycles. The minimum absolute atomic E-state index is 0.0438. The number of benzene rings is 1. The van der Waals surface area contributed by atoms with Gasteiger partial charge in [-0.2, -0.15) is 0 Å². The molecule has 6 nitrogen and oxygen atoms in total. The van der Waals surface area contributed by atoms with Gasteiger partial charge in [0.2, 0.25) is 0 Å². The molecule has 3 rings (SSSR count). The van der Waals surface area contributed by atoms with Crippen molar-refractivity contribution in [2.45, 2.75) is 39.7 Å². The van der Waals surface area contributed by atoms with E-state index in [0.29, 0.717) is 19.6 Å². The second-order valence-electron chi connectivity index (χ2n) is 7.43. The van der Waals surface area contributed by atoms with Crippen molar-refractivity contribution in [3.63, 3.8) is 0 Å². The lowest BCUT2D eigenvalue weighted by Gasteiger charge is -2.40. The van der Waals surface area contributed by atoms with Gasteiger partial charge in [-0.25, -0.2) is 9.59 Å². The molecule has 0 bridgehead atoms. The van der Waals surface area contributed by atoms with Crippen molar-refractivity contribution in [1.29, 1.82) is 0 Å². The molecule has 25 heavy (non-hydrogen) atoms. The number of hydrogen-bond donors (Lipinski definition) is 2. The molecule has 1 atom stereocenters. The number of carbonyl (C=O) groups excluding carboxylic acids is 2. The molecule has 136 valence electrons. The Morgan fingerprint density at radius 2 is 2.12 bits per heavy atom. The number of likely N-dealkylation sites (tertiary alicyclic amines) is 1. The van der Waals surface area contributed by atoms with Crippen LogP contribution in [0.2, 0.25) is 0 Å². The van der Waals surface area contributed by atoms with Gasteiger partial charge in [-0.05, 0) is 36.3 Å². The van der Waals surface area contributed by atoms with Gasteiger partial charge in [0, 0.05) is 38.4 Å². The minimum Gasteiger partial charge on any atom is -0.336 e. The Bertz CT molecular complexity index is 648. The number of nitrogens with one attached hydrogen (secondary N) is 2. The zero-order valence-corrected chi connectivity index (χ0v) is 15.2. The molecular formula is C19H28N4O2. The van der Waals surface area contributed by atoms with E-state index in [-0.39, 0.29) is 17.5 Å².